The van der Waals surface area contributed by atoms with Crippen LogP contribution >= 0.6 is 11.8 Å². The molecule has 4 nitrogen and oxygen atoms in total. The van der Waals surface area contributed by atoms with E-state index in [1.54, 1.807) is 24.9 Å². The Morgan fingerprint density at radius 3 is 2.67 bits per heavy atom. The molecular formula is C22H23NO3S. The molecule has 27 heavy (non-hydrogen) atoms. The summed E-state index contributed by atoms with van der Waals surface area (Å²) in [5.74, 6) is 1.40. The zero-order valence-corrected chi connectivity index (χ0v) is 17.0. The van der Waals surface area contributed by atoms with Crippen molar-refractivity contribution in [2.45, 2.75) is 25.7 Å². The van der Waals surface area contributed by atoms with E-state index in [0.29, 0.717) is 5.75 Å². The van der Waals surface area contributed by atoms with Gasteiger partial charge in [-0.05, 0) is 56.4 Å². The number of aryl methyl sites for hydroxylation is 2. The van der Waals surface area contributed by atoms with E-state index in [9.17, 15) is 4.79 Å². The van der Waals surface area contributed by atoms with Crippen LogP contribution in [-0.4, -0.2) is 19.3 Å². The number of carbonyl (C=O) groups is 1. The molecule has 3 aromatic rings. The van der Waals surface area contributed by atoms with E-state index in [4.69, 9.17) is 9.15 Å². The molecule has 2 aromatic carbocycles. The lowest BCUT2D eigenvalue weighted by molar-refractivity contribution is -0.111. The largest absolute Gasteiger partial charge is 0.496 e. The fourth-order valence-electron chi connectivity index (χ4n) is 3.04. The van der Waals surface area contributed by atoms with Crippen LogP contribution in [0.25, 0.3) is 16.5 Å². The molecule has 1 heterocycles. The highest BCUT2D eigenvalue weighted by Gasteiger charge is 2.14. The van der Waals surface area contributed by atoms with Gasteiger partial charge in [0.05, 0.1) is 12.8 Å². The second-order valence-electron chi connectivity index (χ2n) is 6.35. The van der Waals surface area contributed by atoms with Crippen LogP contribution in [0.5, 0.6) is 5.75 Å². The van der Waals surface area contributed by atoms with Crippen molar-refractivity contribution in [2.24, 2.45) is 0 Å². The lowest BCUT2D eigenvalue weighted by Gasteiger charge is -2.11. The number of para-hydroxylation sites is 1. The van der Waals surface area contributed by atoms with Gasteiger partial charge in [-0.25, -0.2) is 0 Å². The Kier molecular flexibility index (Phi) is 5.61. The van der Waals surface area contributed by atoms with Crippen molar-refractivity contribution in [2.75, 3.05) is 18.7 Å². The number of amides is 1. The van der Waals surface area contributed by atoms with E-state index >= 15 is 0 Å². The minimum atomic E-state index is -0.170. The van der Waals surface area contributed by atoms with E-state index in [1.165, 1.54) is 0 Å². The summed E-state index contributed by atoms with van der Waals surface area (Å²) in [6.45, 7) is 5.88. The van der Waals surface area contributed by atoms with Gasteiger partial charge in [-0.2, -0.15) is 0 Å². The Morgan fingerprint density at radius 1 is 1.22 bits per heavy atom. The first-order valence-corrected chi connectivity index (χ1v) is 9.87. The van der Waals surface area contributed by atoms with Gasteiger partial charge in [0.1, 0.15) is 17.1 Å². The molecule has 1 amide bonds. The minimum absolute atomic E-state index is 0.170. The van der Waals surface area contributed by atoms with Crippen molar-refractivity contribution in [1.82, 2.24) is 0 Å². The number of benzene rings is 2. The normalized spacial score (nSPS) is 11.7. The zero-order chi connectivity index (χ0) is 19.6. The maximum atomic E-state index is 12.5. The van der Waals surface area contributed by atoms with Crippen molar-refractivity contribution in [3.8, 4) is 5.75 Å². The highest BCUT2D eigenvalue weighted by molar-refractivity contribution is 7.98. The molecule has 0 unspecified atom stereocenters. The minimum Gasteiger partial charge on any atom is -0.496 e. The van der Waals surface area contributed by atoms with Gasteiger partial charge in [-0.3, -0.25) is 4.79 Å². The van der Waals surface area contributed by atoms with Crippen LogP contribution in [0, 0.1) is 13.8 Å². The van der Waals surface area contributed by atoms with Gasteiger partial charge in [0.2, 0.25) is 5.91 Å². The molecule has 0 radical (unpaired) electrons. The van der Waals surface area contributed by atoms with Gasteiger partial charge < -0.3 is 14.5 Å². The van der Waals surface area contributed by atoms with Gasteiger partial charge >= 0.3 is 0 Å². The number of thioether (sulfide) groups is 1. The molecule has 0 bridgehead atoms. The topological polar surface area (TPSA) is 51.5 Å². The first kappa shape index (κ1) is 19.1. The first-order valence-electron chi connectivity index (χ1n) is 8.65. The molecular weight excluding hydrogens is 358 g/mol. The monoisotopic (exact) mass is 381 g/mol. The molecule has 0 aliphatic carbocycles. The van der Waals surface area contributed by atoms with E-state index in [1.807, 2.05) is 63.4 Å². The molecule has 1 aromatic heterocycles. The number of nitrogens with one attached hydrogen (secondary N) is 1. The summed E-state index contributed by atoms with van der Waals surface area (Å²) in [6, 6.07) is 11.7. The van der Waals surface area contributed by atoms with Crippen LogP contribution in [0.1, 0.15) is 23.8 Å². The Hall–Kier alpha value is -2.66. The third-order valence-corrected chi connectivity index (χ3v) is 5.43. The molecule has 5 heteroatoms. The van der Waals surface area contributed by atoms with Gasteiger partial charge in [0, 0.05) is 28.0 Å². The Morgan fingerprint density at radius 2 is 1.96 bits per heavy atom. The second kappa shape index (κ2) is 7.92. The summed E-state index contributed by atoms with van der Waals surface area (Å²) in [5.41, 5.74) is 4.40. The standard InChI is InChI=1S/C22H23NO3S/c1-13(10-22(24)23-18-8-6-7-9-21(18)27-5)16-11-17-14(2)15(3)26-20(17)12-19(16)25-4/h6-12H,1-5H3,(H,23,24)/b13-10+. The van der Waals surface area contributed by atoms with E-state index in [0.717, 1.165) is 44.0 Å². The molecule has 0 aliphatic heterocycles. The third kappa shape index (κ3) is 3.88. The number of hydrogen-bond donors (Lipinski definition) is 1. The van der Waals surface area contributed by atoms with E-state index < -0.39 is 0 Å². The number of rotatable bonds is 5. The smallest absolute Gasteiger partial charge is 0.248 e. The van der Waals surface area contributed by atoms with E-state index in [-0.39, 0.29) is 5.91 Å². The van der Waals surface area contributed by atoms with E-state index in [2.05, 4.69) is 5.32 Å². The van der Waals surface area contributed by atoms with Crippen LogP contribution in [-0.2, 0) is 4.79 Å². The highest BCUT2D eigenvalue weighted by Crippen LogP contribution is 2.35. The maximum absolute atomic E-state index is 12.5. The Balaban J connectivity index is 1.95. The molecule has 3 rings (SSSR count). The zero-order valence-electron chi connectivity index (χ0n) is 16.2. The van der Waals surface area contributed by atoms with Crippen LogP contribution in [0.3, 0.4) is 0 Å². The van der Waals surface area contributed by atoms with Crippen molar-refractivity contribution < 1.29 is 13.9 Å². The number of hydrogen-bond acceptors (Lipinski definition) is 4. The number of allylic oxidation sites excluding steroid dienone is 1. The van der Waals surface area contributed by atoms with Crippen LogP contribution in [0.15, 0.2) is 51.8 Å². The fourth-order valence-corrected chi connectivity index (χ4v) is 3.59. The van der Waals surface area contributed by atoms with Crippen LogP contribution in [0.4, 0.5) is 5.69 Å². The number of furan rings is 1. The van der Waals surface area contributed by atoms with Crippen LogP contribution < -0.4 is 10.1 Å². The SMILES string of the molecule is COc1cc2oc(C)c(C)c2cc1/C(C)=C/C(=O)Nc1ccccc1SC. The molecule has 0 aliphatic rings. The molecule has 0 fully saturated rings. The molecule has 1 N–H and O–H groups in total. The summed E-state index contributed by atoms with van der Waals surface area (Å²) in [4.78, 5) is 13.6. The van der Waals surface area contributed by atoms with Gasteiger partial charge in [-0.15, -0.1) is 11.8 Å². The summed E-state index contributed by atoms with van der Waals surface area (Å²) < 4.78 is 11.3. The average Bonchev–Trinajstić information content (AvgIpc) is 2.94. The van der Waals surface area contributed by atoms with Crippen LogP contribution in [0.2, 0.25) is 0 Å². The fraction of sp³-hybridized carbons (Fsp3) is 0.227. The Bertz CT molecular complexity index is 1030. The number of anilines is 1. The summed E-state index contributed by atoms with van der Waals surface area (Å²) in [7, 11) is 1.62. The van der Waals surface area contributed by atoms with Crippen molar-refractivity contribution >= 4 is 39.9 Å². The Labute approximate surface area is 163 Å². The first-order chi connectivity index (χ1) is 12.9. The average molecular weight is 381 g/mol. The van der Waals surface area contributed by atoms with Crippen molar-refractivity contribution in [1.29, 1.82) is 0 Å². The number of carbonyl (C=O) groups excluding carboxylic acids is 1. The lowest BCUT2D eigenvalue weighted by Crippen LogP contribution is -2.09. The molecule has 0 saturated heterocycles. The molecule has 0 saturated carbocycles. The summed E-state index contributed by atoms with van der Waals surface area (Å²) in [5, 5.41) is 3.99. The third-order valence-electron chi connectivity index (χ3n) is 4.63. The number of ether oxygens (including phenoxy) is 1. The predicted octanol–water partition coefficient (Wildman–Crippen LogP) is 5.82. The van der Waals surface area contributed by atoms with Crippen molar-refractivity contribution in [3.63, 3.8) is 0 Å². The van der Waals surface area contributed by atoms with Gasteiger partial charge in [0.15, 0.2) is 0 Å². The highest BCUT2D eigenvalue weighted by atomic mass is 32.2. The summed E-state index contributed by atoms with van der Waals surface area (Å²) in [6.07, 6.45) is 3.59. The molecule has 140 valence electrons. The summed E-state index contributed by atoms with van der Waals surface area (Å²) >= 11 is 1.60. The number of fused-ring (bicyclic) bond motifs is 1. The maximum Gasteiger partial charge on any atom is 0.248 e. The van der Waals surface area contributed by atoms with Crippen molar-refractivity contribution in [3.05, 3.63) is 59.4 Å². The van der Waals surface area contributed by atoms with Gasteiger partial charge in [-0.1, -0.05) is 12.1 Å². The lowest BCUT2D eigenvalue weighted by atomic mass is 10.0. The molecule has 0 spiro atoms. The second-order valence-corrected chi connectivity index (χ2v) is 7.20. The number of methoxy groups -OCH3 is 1. The van der Waals surface area contributed by atoms with Gasteiger partial charge in [0.25, 0.3) is 0 Å². The quantitative estimate of drug-likeness (QED) is 0.447. The predicted molar refractivity (Wildman–Crippen MR) is 113 cm³/mol. The molecule has 0 atom stereocenters.